The molecule has 0 aliphatic heterocycles. The van der Waals surface area contributed by atoms with Gasteiger partial charge in [-0.1, -0.05) is 20.8 Å². The summed E-state index contributed by atoms with van der Waals surface area (Å²) in [6, 6.07) is -1.09. The first-order valence-corrected chi connectivity index (χ1v) is 5.30. The third-order valence-corrected chi connectivity index (χ3v) is 1.92. The number of aliphatic carboxylic acids is 2. The van der Waals surface area contributed by atoms with Crippen LogP contribution in [0.5, 0.6) is 0 Å². The molecule has 16 heavy (non-hydrogen) atoms. The molecule has 0 aromatic rings. The molecule has 0 fully saturated rings. The molecule has 0 aliphatic rings. The summed E-state index contributed by atoms with van der Waals surface area (Å²) in [7, 11) is 0. The predicted molar refractivity (Wildman–Crippen MR) is 53.1 cm³/mol. The minimum atomic E-state index is -1.07. The van der Waals surface area contributed by atoms with Gasteiger partial charge in [0.05, 0.1) is 11.9 Å². The molecule has 0 aromatic heterocycles. The van der Waals surface area contributed by atoms with Crippen LogP contribution in [0, 0.1) is 5.92 Å². The van der Waals surface area contributed by atoms with E-state index in [-0.39, 0.29) is 0 Å². The fraction of sp³-hybridized carbons (Fsp3) is 0.800. The van der Waals surface area contributed by atoms with Gasteiger partial charge >= 0.3 is 0 Å². The van der Waals surface area contributed by atoms with Crippen LogP contribution in [-0.4, -0.2) is 24.0 Å². The standard InChI is InChI=1S/C6H13NO2.C4H9NO2/c1-4(2)3-5(7)6(8)9;1-2-3(5)4(6)7/h4-5H,3,7H2,1-2H3,(H,8,9);3H,2,5H2,1H3,(H,6,7)/t5-;3-/m01/s1. The molecule has 0 aliphatic carbocycles. The van der Waals surface area contributed by atoms with Crippen molar-refractivity contribution in [2.75, 3.05) is 0 Å². The van der Waals surface area contributed by atoms with Gasteiger partial charge in [-0.25, -0.2) is 0 Å². The van der Waals surface area contributed by atoms with Gasteiger partial charge in [0.1, 0.15) is 12.1 Å². The number of quaternary nitrogens is 2. The van der Waals surface area contributed by atoms with E-state index in [2.05, 4.69) is 11.5 Å². The summed E-state index contributed by atoms with van der Waals surface area (Å²) in [5.74, 6) is -1.74. The Morgan fingerprint density at radius 3 is 1.50 bits per heavy atom. The Kier molecular flexibility index (Phi) is 9.83. The van der Waals surface area contributed by atoms with Gasteiger partial charge < -0.3 is 31.3 Å². The topological polar surface area (TPSA) is 136 Å². The van der Waals surface area contributed by atoms with Crippen molar-refractivity contribution in [3.05, 3.63) is 0 Å². The van der Waals surface area contributed by atoms with Gasteiger partial charge in [0, 0.05) is 12.8 Å². The van der Waals surface area contributed by atoms with Crippen molar-refractivity contribution >= 4 is 11.9 Å². The molecule has 0 heterocycles. The number of rotatable bonds is 5. The summed E-state index contributed by atoms with van der Waals surface area (Å²) in [5.41, 5.74) is 6.71. The smallest absolute Gasteiger partial charge is 0.125 e. The molecule has 0 spiro atoms. The van der Waals surface area contributed by atoms with Crippen LogP contribution in [0.3, 0.4) is 0 Å². The van der Waals surface area contributed by atoms with Crippen LogP contribution in [0.2, 0.25) is 0 Å². The van der Waals surface area contributed by atoms with Crippen LogP contribution in [0.4, 0.5) is 0 Å². The molecule has 96 valence electrons. The maximum Gasteiger partial charge on any atom is 0.125 e. The summed E-state index contributed by atoms with van der Waals surface area (Å²) in [4.78, 5) is 19.8. The number of carbonyl (C=O) groups excluding carboxylic acids is 2. The van der Waals surface area contributed by atoms with Gasteiger partial charge in [-0.05, 0) is 5.92 Å². The van der Waals surface area contributed by atoms with E-state index in [0.29, 0.717) is 18.8 Å². The summed E-state index contributed by atoms with van der Waals surface area (Å²) in [6.07, 6.45) is 1.14. The highest BCUT2D eigenvalue weighted by atomic mass is 16.4. The average molecular weight is 234 g/mol. The molecule has 0 bridgehead atoms. The average Bonchev–Trinajstić information content (AvgIpc) is 2.16. The lowest BCUT2D eigenvalue weighted by Crippen LogP contribution is -2.68. The second-order valence-electron chi connectivity index (χ2n) is 4.07. The molecule has 0 rings (SSSR count). The highest BCUT2D eigenvalue weighted by molar-refractivity contribution is 5.69. The van der Waals surface area contributed by atoms with Gasteiger partial charge in [-0.2, -0.15) is 0 Å². The largest absolute Gasteiger partial charge is 0.544 e. The number of hydrogen-bond donors (Lipinski definition) is 2. The van der Waals surface area contributed by atoms with Crippen LogP contribution >= 0.6 is 0 Å². The van der Waals surface area contributed by atoms with Crippen LogP contribution in [0.1, 0.15) is 33.6 Å². The van der Waals surface area contributed by atoms with Crippen LogP contribution in [-0.2, 0) is 9.59 Å². The Morgan fingerprint density at radius 2 is 1.44 bits per heavy atom. The zero-order chi connectivity index (χ0) is 13.3. The van der Waals surface area contributed by atoms with E-state index < -0.39 is 24.0 Å². The summed E-state index contributed by atoms with van der Waals surface area (Å²) >= 11 is 0. The van der Waals surface area contributed by atoms with Crippen LogP contribution < -0.4 is 21.7 Å². The van der Waals surface area contributed by atoms with Gasteiger partial charge in [0.15, 0.2) is 0 Å². The maximum atomic E-state index is 10.1. The van der Waals surface area contributed by atoms with Gasteiger partial charge in [-0.15, -0.1) is 0 Å². The maximum absolute atomic E-state index is 10.1. The highest BCUT2D eigenvalue weighted by Crippen LogP contribution is 1.99. The van der Waals surface area contributed by atoms with E-state index in [1.807, 2.05) is 13.8 Å². The van der Waals surface area contributed by atoms with Crippen molar-refractivity contribution in [1.82, 2.24) is 0 Å². The van der Waals surface area contributed by atoms with Crippen molar-refractivity contribution < 1.29 is 31.3 Å². The zero-order valence-corrected chi connectivity index (χ0v) is 10.2. The van der Waals surface area contributed by atoms with Crippen molar-refractivity contribution in [3.63, 3.8) is 0 Å². The van der Waals surface area contributed by atoms with E-state index >= 15 is 0 Å². The zero-order valence-electron chi connectivity index (χ0n) is 10.2. The highest BCUT2D eigenvalue weighted by Gasteiger charge is 2.08. The molecule has 2 atom stereocenters. The molecular weight excluding hydrogens is 212 g/mol. The van der Waals surface area contributed by atoms with Crippen molar-refractivity contribution in [2.24, 2.45) is 5.92 Å². The van der Waals surface area contributed by atoms with Gasteiger partial charge in [0.25, 0.3) is 0 Å². The van der Waals surface area contributed by atoms with E-state index in [9.17, 15) is 19.8 Å². The lowest BCUT2D eigenvalue weighted by Gasteiger charge is -2.10. The van der Waals surface area contributed by atoms with Crippen LogP contribution in [0.15, 0.2) is 0 Å². The van der Waals surface area contributed by atoms with E-state index in [1.165, 1.54) is 0 Å². The molecule has 6 N–H and O–H groups in total. The molecule has 0 saturated heterocycles. The Hall–Kier alpha value is -1.14. The first-order chi connectivity index (χ1) is 7.22. The van der Waals surface area contributed by atoms with Gasteiger partial charge in [0.2, 0.25) is 0 Å². The lowest BCUT2D eigenvalue weighted by molar-refractivity contribution is -0.439. The Balaban J connectivity index is 0. The number of hydrogen-bond acceptors (Lipinski definition) is 4. The Bertz CT molecular complexity index is 219. The summed E-state index contributed by atoms with van der Waals surface area (Å²) < 4.78 is 0. The molecule has 0 aromatic carbocycles. The lowest BCUT2D eigenvalue weighted by atomic mass is 10.1. The van der Waals surface area contributed by atoms with Crippen LogP contribution in [0.25, 0.3) is 0 Å². The molecule has 0 unspecified atom stereocenters. The molecule has 6 nitrogen and oxygen atoms in total. The normalized spacial score (nSPS) is 13.6. The van der Waals surface area contributed by atoms with E-state index in [4.69, 9.17) is 0 Å². The monoisotopic (exact) mass is 234 g/mol. The third kappa shape index (κ3) is 10.9. The summed E-state index contributed by atoms with van der Waals surface area (Å²) in [6.45, 7) is 5.68. The van der Waals surface area contributed by atoms with Gasteiger partial charge in [-0.3, -0.25) is 0 Å². The molecule has 0 saturated carbocycles. The van der Waals surface area contributed by atoms with E-state index in [0.717, 1.165) is 0 Å². The molecule has 0 radical (unpaired) electrons. The third-order valence-electron chi connectivity index (χ3n) is 1.92. The second-order valence-corrected chi connectivity index (χ2v) is 4.07. The fourth-order valence-electron chi connectivity index (χ4n) is 0.832. The SMILES string of the molecule is CC(C)C[C@H]([NH3+])C(=O)[O-].CC[C@@H]([NH3+])C(=O)[O-]. The first kappa shape index (κ1) is 17.3. The molecule has 0 amide bonds. The fourth-order valence-corrected chi connectivity index (χ4v) is 0.832. The molecule has 6 heteroatoms. The number of carbonyl (C=O) groups is 2. The van der Waals surface area contributed by atoms with Crippen molar-refractivity contribution in [1.29, 1.82) is 0 Å². The summed E-state index contributed by atoms with van der Waals surface area (Å²) in [5, 5.41) is 19.8. The number of carboxylic acid groups (broad SMARTS) is 2. The Labute approximate surface area is 95.6 Å². The quantitative estimate of drug-likeness (QED) is 0.503. The Morgan fingerprint density at radius 1 is 1.06 bits per heavy atom. The van der Waals surface area contributed by atoms with Crippen molar-refractivity contribution in [3.8, 4) is 0 Å². The van der Waals surface area contributed by atoms with E-state index in [1.54, 1.807) is 6.92 Å². The van der Waals surface area contributed by atoms with Crippen molar-refractivity contribution in [2.45, 2.75) is 45.7 Å². The first-order valence-electron chi connectivity index (χ1n) is 5.30. The molecular formula is C10H22N2O4. The predicted octanol–water partition coefficient (Wildman–Crippen LogP) is -3.85. The second kappa shape index (κ2) is 9.11. The minimum absolute atomic E-state index is 0.380. The minimum Gasteiger partial charge on any atom is -0.544 e. The number of carboxylic acids is 2.